The Hall–Kier alpha value is -7.28. The molecule has 0 radical (unpaired) electrons. The monoisotopic (exact) mass is 1150 g/mol. The maximum atomic E-state index is 13.8. The second-order valence-electron chi connectivity index (χ2n) is 20.0. The van der Waals surface area contributed by atoms with E-state index in [0.717, 1.165) is 68.7 Å². The molecular formula is C59H83N13O9S. The summed E-state index contributed by atoms with van der Waals surface area (Å²) in [6.07, 6.45) is 15.3. The number of urea groups is 1. The predicted molar refractivity (Wildman–Crippen MR) is 321 cm³/mol. The molecule has 1 aliphatic heterocycles. The summed E-state index contributed by atoms with van der Waals surface area (Å²) in [6, 6.07) is 13.6. The summed E-state index contributed by atoms with van der Waals surface area (Å²) in [5.41, 5.74) is 4.22. The fraction of sp³-hybridized carbons (Fsp3) is 0.492. The highest BCUT2D eigenvalue weighted by atomic mass is 32.1. The van der Waals surface area contributed by atoms with Crippen molar-refractivity contribution in [2.24, 2.45) is 23.0 Å². The van der Waals surface area contributed by atoms with Crippen LogP contribution in [0.25, 0.3) is 0 Å². The van der Waals surface area contributed by atoms with Gasteiger partial charge < -0.3 is 64.3 Å². The number of aliphatic imine (C=N–C) groups is 1. The van der Waals surface area contributed by atoms with Crippen LogP contribution in [0.15, 0.2) is 113 Å². The maximum absolute atomic E-state index is 13.8. The number of allylic oxidation sites excluding steroid dienone is 2. The second kappa shape index (κ2) is 35.5. The summed E-state index contributed by atoms with van der Waals surface area (Å²) < 4.78 is 30.7. The molecule has 1 aliphatic carbocycles. The number of benzene rings is 2. The number of hydrogen-bond donors (Lipinski definition) is 4. The van der Waals surface area contributed by atoms with Crippen LogP contribution in [0.5, 0.6) is 11.5 Å². The molecule has 5 amide bonds. The lowest BCUT2D eigenvalue weighted by atomic mass is 10.1. The highest BCUT2D eigenvalue weighted by molar-refractivity contribution is 7.14. The van der Waals surface area contributed by atoms with Crippen LogP contribution in [0, 0.1) is 0 Å². The average Bonchev–Trinajstić information content (AvgIpc) is 4.14. The van der Waals surface area contributed by atoms with Crippen molar-refractivity contribution in [1.29, 1.82) is 0 Å². The number of amides is 5. The Morgan fingerprint density at radius 2 is 1.56 bits per heavy atom. The molecule has 1 unspecified atom stereocenters. The molecule has 1 saturated carbocycles. The van der Waals surface area contributed by atoms with Crippen LogP contribution in [-0.2, 0) is 48.5 Å². The number of hydrogen-bond acceptors (Lipinski definition) is 17. The summed E-state index contributed by atoms with van der Waals surface area (Å²) in [7, 11) is 5.97. The van der Waals surface area contributed by atoms with Crippen molar-refractivity contribution >= 4 is 57.8 Å². The largest absolute Gasteiger partial charge is 0.494 e. The van der Waals surface area contributed by atoms with Gasteiger partial charge in [0.25, 0.3) is 0 Å². The maximum Gasteiger partial charge on any atom is 0.325 e. The fourth-order valence-electron chi connectivity index (χ4n) is 8.59. The molecule has 3 heterocycles. The van der Waals surface area contributed by atoms with Gasteiger partial charge in [-0.05, 0) is 100 Å². The van der Waals surface area contributed by atoms with E-state index in [2.05, 4.69) is 66.0 Å². The lowest BCUT2D eigenvalue weighted by Crippen LogP contribution is -2.47. The van der Waals surface area contributed by atoms with Crippen molar-refractivity contribution < 1.29 is 42.9 Å². The van der Waals surface area contributed by atoms with Gasteiger partial charge in [-0.1, -0.05) is 43.5 Å². The Morgan fingerprint density at radius 1 is 0.854 bits per heavy atom. The van der Waals surface area contributed by atoms with Gasteiger partial charge in [0.2, 0.25) is 17.7 Å². The number of aromatic nitrogens is 3. The first-order valence-corrected chi connectivity index (χ1v) is 28.9. The first kappa shape index (κ1) is 63.9. The Labute approximate surface area is 486 Å². The van der Waals surface area contributed by atoms with Gasteiger partial charge in [-0.2, -0.15) is 5.10 Å². The van der Waals surface area contributed by atoms with Crippen molar-refractivity contribution in [3.05, 3.63) is 120 Å². The quantitative estimate of drug-likeness (QED) is 0.0134. The zero-order valence-electron chi connectivity index (χ0n) is 47.9. The van der Waals surface area contributed by atoms with E-state index in [1.807, 2.05) is 43.3 Å². The zero-order valence-corrected chi connectivity index (χ0v) is 48.7. The van der Waals surface area contributed by atoms with Crippen LogP contribution in [0.4, 0.5) is 15.6 Å². The van der Waals surface area contributed by atoms with Crippen molar-refractivity contribution in [3.8, 4) is 11.5 Å². The number of anilines is 2. The van der Waals surface area contributed by atoms with Gasteiger partial charge in [-0.25, -0.2) is 14.8 Å². The summed E-state index contributed by atoms with van der Waals surface area (Å²) in [5.74, 6) is 6.68. The Morgan fingerprint density at radius 3 is 2.26 bits per heavy atom. The first-order valence-electron chi connectivity index (χ1n) is 28.0. The molecule has 2 aromatic carbocycles. The molecule has 82 heavy (non-hydrogen) atoms. The summed E-state index contributed by atoms with van der Waals surface area (Å²) in [4.78, 5) is 74.0. The topological polar surface area (TPSA) is 245 Å². The minimum absolute atomic E-state index is 0.0000173. The molecule has 1 saturated heterocycles. The van der Waals surface area contributed by atoms with E-state index in [-0.39, 0.29) is 43.1 Å². The molecule has 0 bridgehead atoms. The minimum atomic E-state index is -0.830. The highest BCUT2D eigenvalue weighted by Gasteiger charge is 2.42. The second-order valence-corrected chi connectivity index (χ2v) is 20.9. The zero-order chi connectivity index (χ0) is 58.3. The third-order valence-corrected chi connectivity index (χ3v) is 14.2. The van der Waals surface area contributed by atoms with E-state index in [9.17, 15) is 19.2 Å². The number of rotatable bonds is 38. The number of nitrogens with two attached hydrogens (primary N) is 1. The third-order valence-electron chi connectivity index (χ3n) is 13.4. The van der Waals surface area contributed by atoms with Gasteiger partial charge in [0.1, 0.15) is 18.1 Å². The molecule has 0 spiro atoms. The van der Waals surface area contributed by atoms with Gasteiger partial charge in [0, 0.05) is 88.7 Å². The Balaban J connectivity index is 0.726. The number of nitrogens with one attached hydrogen (secondary N) is 3. The number of imidazole rings is 1. The Bertz CT molecular complexity index is 2700. The van der Waals surface area contributed by atoms with E-state index in [4.69, 9.17) is 29.5 Å². The third kappa shape index (κ3) is 23.3. The highest BCUT2D eigenvalue weighted by Crippen LogP contribution is 2.35. The number of likely N-dealkylation sites (N-methyl/N-ethyl adjacent to an activating group) is 2. The summed E-state index contributed by atoms with van der Waals surface area (Å²) >= 11 is 1.28. The van der Waals surface area contributed by atoms with Crippen molar-refractivity contribution in [1.82, 2.24) is 39.5 Å². The number of unbranched alkanes of at least 4 members (excludes halogenated alkanes) is 1. The number of carbonyl (C=O) groups is 4. The molecule has 6 rings (SSSR count). The molecule has 2 aromatic heterocycles. The smallest absolute Gasteiger partial charge is 0.325 e. The first-order chi connectivity index (χ1) is 39.9. The van der Waals surface area contributed by atoms with Crippen LogP contribution in [0.1, 0.15) is 61.5 Å². The van der Waals surface area contributed by atoms with Crippen molar-refractivity contribution in [2.75, 3.05) is 130 Å². The molecule has 22 nitrogen and oxygen atoms in total. The fourth-order valence-corrected chi connectivity index (χ4v) is 9.30. The Kier molecular flexibility index (Phi) is 27.7. The minimum Gasteiger partial charge on any atom is -0.494 e. The van der Waals surface area contributed by atoms with Gasteiger partial charge in [0.15, 0.2) is 11.2 Å². The predicted octanol–water partition coefficient (Wildman–Crippen LogP) is 5.91. The summed E-state index contributed by atoms with van der Waals surface area (Å²) in [6.45, 7) is 16.8. The van der Waals surface area contributed by atoms with E-state index < -0.39 is 12.1 Å². The van der Waals surface area contributed by atoms with E-state index >= 15 is 0 Å². The number of carbonyl (C=O) groups excluding carboxylic acids is 4. The average molecular weight is 1150 g/mol. The molecule has 1 atom stereocenters. The molecule has 23 heteroatoms. The lowest BCUT2D eigenvalue weighted by Gasteiger charge is -2.32. The van der Waals surface area contributed by atoms with Gasteiger partial charge in [0.05, 0.1) is 82.6 Å². The van der Waals surface area contributed by atoms with Crippen molar-refractivity contribution in [2.45, 2.75) is 63.5 Å². The van der Waals surface area contributed by atoms with Crippen LogP contribution < -0.4 is 31.3 Å². The molecule has 2 fully saturated rings. The molecule has 5 N–H and O–H groups in total. The van der Waals surface area contributed by atoms with Gasteiger partial charge in [-0.15, -0.1) is 11.3 Å². The number of hydrazone groups is 1. The summed E-state index contributed by atoms with van der Waals surface area (Å²) in [5, 5.41) is 14.5. The SMILES string of the molecule is C=C/C=C(\C=C)CNC(=O)C(c1cn(C)cn1)N(C(=O)CCc1ccc(OCCCCN(C)CCOCCOCC/C(C=NCCOCCOc2ccc(NC(=O)Nc3nc(CC(=O)N4CCN(C)CC4)cs3)cc2)=N/N)cc1)C1CC1. The molecule has 2 aliphatic rings. The van der Waals surface area contributed by atoms with Gasteiger partial charge in [-0.3, -0.25) is 24.7 Å². The number of ether oxygens (including phenoxy) is 5. The van der Waals surface area contributed by atoms with Crippen LogP contribution >= 0.6 is 11.3 Å². The number of thiazole rings is 1. The normalized spacial score (nSPS) is 14.4. The van der Waals surface area contributed by atoms with Crippen LogP contribution in [-0.4, -0.2) is 195 Å². The molecular weight excluding hydrogens is 1070 g/mol. The standard InChI is InChI=1S/C59H83N13O9S/c1-6-10-45(7-2)40-62-57(75)56(53-42-70(5)44-63-53)72(50-16-17-50)54(73)22-13-46-11-18-51(19-12-46)80-31-9-8-25-68(3)30-34-79-36-35-77-32-23-48(67-60)41-61-24-33-78-37-38-81-52-20-14-47(15-21-52)64-58(76)66-59-65-49(43-82-59)39-55(74)71-28-26-69(4)27-29-71/h6-7,10-12,14-15,18-21,41-44,50,56H,1-2,8-9,13,16-17,22-40,60H2,3-5H3,(H,62,75)(H2,64,65,66,76)/b45-10+,61-41?,67-48-. The number of aryl methyl sites for hydroxylation is 2. The van der Waals surface area contributed by atoms with Crippen molar-refractivity contribution in [3.63, 3.8) is 0 Å². The molecule has 444 valence electrons. The van der Waals surface area contributed by atoms with E-state index in [1.165, 1.54) is 11.3 Å². The van der Waals surface area contributed by atoms with E-state index in [1.54, 1.807) is 76.1 Å². The van der Waals surface area contributed by atoms with E-state index in [0.29, 0.717) is 119 Å². The van der Waals surface area contributed by atoms with Gasteiger partial charge >= 0.3 is 6.03 Å². The molecule has 4 aromatic rings. The lowest BCUT2D eigenvalue weighted by molar-refractivity contribution is -0.141. The van der Waals surface area contributed by atoms with Crippen LogP contribution in [0.2, 0.25) is 0 Å². The number of piperazine rings is 1. The van der Waals surface area contributed by atoms with Crippen LogP contribution in [0.3, 0.4) is 0 Å². The number of nitrogens with zero attached hydrogens (tertiary/aromatic N) is 9.